The van der Waals surface area contributed by atoms with Crippen molar-refractivity contribution in [1.29, 1.82) is 5.26 Å². The highest BCUT2D eigenvalue weighted by Crippen LogP contribution is 2.41. The van der Waals surface area contributed by atoms with Gasteiger partial charge in [-0.3, -0.25) is 25.1 Å². The summed E-state index contributed by atoms with van der Waals surface area (Å²) in [4.78, 5) is 45.3. The SMILES string of the molecule is CC(C)n1ccc2c(N3CCC(=O)NC3=O)cc(C(=O)N3CCC4(CCCN(CCCCCc5ccc(C(O)NC6CCC(Oc7ccc(C#N)c(Cl)c7)CC6)cc5)C4)CC3)cc21. The molecule has 4 fully saturated rings. The monoisotopic (exact) mass is 875 g/mol. The standard InChI is InChI=1S/C50H62ClN7O5/c1-34(2)57-25-18-42-44(57)29-38(30-45(42)58-26-19-46(59)54-49(58)62)48(61)56-27-21-50(22-28-56)20-6-24-55(33-50)23-5-3-4-7-35-8-10-36(11-9-35)47(60)53-39-13-16-40(17-14-39)63-41-15-12-37(32-52)43(51)31-41/h8-12,15,18,25,29-31,34,39-40,47,53,60H,3-7,13-14,16-17,19-24,26-28,33H2,1-2H3,(H,54,59,62). The number of piperidine rings is 2. The Hall–Kier alpha value is -4.93. The largest absolute Gasteiger partial charge is 0.490 e. The Labute approximate surface area is 376 Å². The zero-order valence-electron chi connectivity index (χ0n) is 36.8. The zero-order chi connectivity index (χ0) is 44.1. The van der Waals surface area contributed by atoms with Crippen molar-refractivity contribution in [3.8, 4) is 11.8 Å². The third-order valence-corrected chi connectivity index (χ3v) is 14.3. The number of aliphatic hydroxyl groups excluding tert-OH is 1. The summed E-state index contributed by atoms with van der Waals surface area (Å²) in [7, 11) is 0. The number of ether oxygens (including phenoxy) is 1. The van der Waals surface area contributed by atoms with Gasteiger partial charge >= 0.3 is 6.03 Å². The first-order valence-corrected chi connectivity index (χ1v) is 23.5. The van der Waals surface area contributed by atoms with E-state index in [1.807, 2.05) is 41.4 Å². The number of aromatic nitrogens is 1. The Bertz CT molecular complexity index is 2310. The van der Waals surface area contributed by atoms with E-state index in [1.54, 1.807) is 23.1 Å². The van der Waals surface area contributed by atoms with Gasteiger partial charge in [-0.2, -0.15) is 5.26 Å². The number of carbonyl (C=O) groups is 3. The number of nitriles is 1. The average Bonchev–Trinajstić information content (AvgIpc) is 3.72. The second-order valence-corrected chi connectivity index (χ2v) is 19.0. The second-order valence-electron chi connectivity index (χ2n) is 18.6. The fourth-order valence-corrected chi connectivity index (χ4v) is 10.5. The summed E-state index contributed by atoms with van der Waals surface area (Å²) < 4.78 is 8.27. The van der Waals surface area contributed by atoms with Crippen LogP contribution in [0.15, 0.2) is 66.9 Å². The van der Waals surface area contributed by atoms with Crippen LogP contribution in [0.4, 0.5) is 10.5 Å². The molecule has 4 heterocycles. The number of nitrogens with one attached hydrogen (secondary N) is 2. The van der Waals surface area contributed by atoms with Crippen LogP contribution in [0.25, 0.3) is 10.9 Å². The van der Waals surface area contributed by atoms with Gasteiger partial charge in [-0.25, -0.2) is 4.79 Å². The lowest BCUT2D eigenvalue weighted by Gasteiger charge is -2.48. The maximum absolute atomic E-state index is 14.2. The lowest BCUT2D eigenvalue weighted by molar-refractivity contribution is -0.120. The number of aryl methyl sites for hydroxylation is 1. The number of hydrogen-bond donors (Lipinski definition) is 3. The van der Waals surface area contributed by atoms with Crippen LogP contribution in [0.5, 0.6) is 5.75 Å². The number of likely N-dealkylation sites (tertiary alicyclic amines) is 2. The van der Waals surface area contributed by atoms with Crippen molar-refractivity contribution in [1.82, 2.24) is 25.0 Å². The number of urea groups is 1. The number of benzene rings is 3. The highest BCUT2D eigenvalue weighted by Gasteiger charge is 2.39. The molecule has 13 heteroatoms. The van der Waals surface area contributed by atoms with Gasteiger partial charge in [-0.05, 0) is 144 Å². The first kappa shape index (κ1) is 44.7. The third kappa shape index (κ3) is 10.6. The van der Waals surface area contributed by atoms with E-state index in [1.165, 1.54) is 31.2 Å². The van der Waals surface area contributed by atoms with Crippen molar-refractivity contribution in [3.05, 3.63) is 94.1 Å². The van der Waals surface area contributed by atoms with Crippen LogP contribution < -0.4 is 20.3 Å². The molecule has 3 aliphatic heterocycles. The molecule has 4 aliphatic rings. The molecule has 1 unspecified atom stereocenters. The van der Waals surface area contributed by atoms with Crippen LogP contribution in [0.2, 0.25) is 5.02 Å². The topological polar surface area (TPSA) is 143 Å². The molecule has 1 aromatic heterocycles. The summed E-state index contributed by atoms with van der Waals surface area (Å²) in [5, 5.41) is 27.3. The van der Waals surface area contributed by atoms with Crippen molar-refractivity contribution in [2.24, 2.45) is 5.41 Å². The van der Waals surface area contributed by atoms with E-state index in [0.29, 0.717) is 27.6 Å². The number of rotatable bonds is 14. The fourth-order valence-electron chi connectivity index (χ4n) is 10.3. The molecule has 4 aromatic rings. The van der Waals surface area contributed by atoms with Gasteiger partial charge in [0.2, 0.25) is 5.91 Å². The summed E-state index contributed by atoms with van der Waals surface area (Å²) >= 11 is 6.18. The second kappa shape index (κ2) is 19.9. The predicted molar refractivity (Wildman–Crippen MR) is 246 cm³/mol. The highest BCUT2D eigenvalue weighted by atomic mass is 35.5. The number of imide groups is 1. The number of hydrogen-bond acceptors (Lipinski definition) is 8. The van der Waals surface area contributed by atoms with Gasteiger partial charge in [0.1, 0.15) is 18.0 Å². The molecule has 8 rings (SSSR count). The lowest BCUT2D eigenvalue weighted by Crippen LogP contribution is -2.51. The van der Waals surface area contributed by atoms with E-state index in [9.17, 15) is 19.5 Å². The van der Waals surface area contributed by atoms with Gasteiger partial charge in [-0.1, -0.05) is 42.3 Å². The minimum atomic E-state index is -0.712. The molecule has 1 spiro atoms. The van der Waals surface area contributed by atoms with Gasteiger partial charge in [0.15, 0.2) is 0 Å². The average molecular weight is 877 g/mol. The smallest absolute Gasteiger partial charge is 0.328 e. The zero-order valence-corrected chi connectivity index (χ0v) is 37.5. The molecular weight excluding hydrogens is 814 g/mol. The summed E-state index contributed by atoms with van der Waals surface area (Å²) in [6.45, 7) is 9.29. The van der Waals surface area contributed by atoms with Crippen LogP contribution in [-0.2, 0) is 11.2 Å². The molecule has 1 atom stereocenters. The molecular formula is C50H62ClN7O5. The van der Waals surface area contributed by atoms with Crippen LogP contribution in [0.1, 0.15) is 130 Å². The summed E-state index contributed by atoms with van der Waals surface area (Å²) in [5.74, 6) is 0.409. The maximum atomic E-state index is 14.2. The van der Waals surface area contributed by atoms with Crippen molar-refractivity contribution in [2.75, 3.05) is 44.2 Å². The number of halogens is 1. The Morgan fingerprint density at radius 2 is 1.75 bits per heavy atom. The van der Waals surface area contributed by atoms with Gasteiger partial charge in [0.05, 0.1) is 27.9 Å². The number of aliphatic hydroxyl groups is 1. The van der Waals surface area contributed by atoms with E-state index >= 15 is 0 Å². The van der Waals surface area contributed by atoms with Crippen LogP contribution in [0.3, 0.4) is 0 Å². The van der Waals surface area contributed by atoms with Gasteiger partial charge < -0.3 is 24.2 Å². The first-order chi connectivity index (χ1) is 30.5. The number of nitrogens with zero attached hydrogens (tertiary/aromatic N) is 5. The maximum Gasteiger partial charge on any atom is 0.328 e. The Balaban J connectivity index is 0.755. The van der Waals surface area contributed by atoms with E-state index in [0.717, 1.165) is 101 Å². The number of amides is 4. The Morgan fingerprint density at radius 1 is 0.968 bits per heavy atom. The first-order valence-electron chi connectivity index (χ1n) is 23.1. The minimum absolute atomic E-state index is 0.00204. The van der Waals surface area contributed by atoms with Gasteiger partial charge in [-0.15, -0.1) is 0 Å². The molecule has 334 valence electrons. The molecule has 1 aliphatic carbocycles. The van der Waals surface area contributed by atoms with Crippen molar-refractivity contribution < 1.29 is 24.2 Å². The number of carbonyl (C=O) groups excluding carboxylic acids is 3. The molecule has 3 N–H and O–H groups in total. The Kier molecular flexibility index (Phi) is 14.1. The minimum Gasteiger partial charge on any atom is -0.490 e. The quantitative estimate of drug-likeness (QED) is 0.0843. The Morgan fingerprint density at radius 3 is 2.46 bits per heavy atom. The van der Waals surface area contributed by atoms with E-state index in [4.69, 9.17) is 21.6 Å². The summed E-state index contributed by atoms with van der Waals surface area (Å²) in [5.41, 5.74) is 5.03. The predicted octanol–water partition coefficient (Wildman–Crippen LogP) is 8.90. The number of unbranched alkanes of at least 4 members (excludes halogenated alkanes) is 2. The van der Waals surface area contributed by atoms with Crippen LogP contribution in [0, 0.1) is 16.7 Å². The molecule has 3 aromatic carbocycles. The molecule has 1 saturated carbocycles. The third-order valence-electron chi connectivity index (χ3n) is 14.0. The normalized spacial score (nSPS) is 21.1. The number of fused-ring (bicyclic) bond motifs is 1. The molecule has 63 heavy (non-hydrogen) atoms. The van der Waals surface area contributed by atoms with Crippen LogP contribution in [-0.4, -0.2) is 88.7 Å². The summed E-state index contributed by atoms with van der Waals surface area (Å²) in [6.07, 6.45) is 14.1. The van der Waals surface area contributed by atoms with Crippen molar-refractivity contribution >= 4 is 46.0 Å². The van der Waals surface area contributed by atoms with Gasteiger partial charge in [0, 0.05) is 67.9 Å². The molecule has 0 bridgehead atoms. The van der Waals surface area contributed by atoms with E-state index < -0.39 is 12.3 Å². The summed E-state index contributed by atoms with van der Waals surface area (Å²) in [6, 6.07) is 21.4. The molecule has 0 radical (unpaired) electrons. The molecule has 12 nitrogen and oxygen atoms in total. The van der Waals surface area contributed by atoms with E-state index in [2.05, 4.69) is 52.2 Å². The van der Waals surface area contributed by atoms with Gasteiger partial charge in [0.25, 0.3) is 5.91 Å². The van der Waals surface area contributed by atoms with Crippen molar-refractivity contribution in [3.63, 3.8) is 0 Å². The lowest BCUT2D eigenvalue weighted by atomic mass is 9.72. The van der Waals surface area contributed by atoms with E-state index in [-0.39, 0.29) is 48.4 Å². The fraction of sp³-hybridized carbons (Fsp3) is 0.520. The number of anilines is 1. The van der Waals surface area contributed by atoms with Crippen molar-refractivity contribution in [2.45, 2.75) is 122 Å². The highest BCUT2D eigenvalue weighted by molar-refractivity contribution is 6.31. The molecule has 4 amide bonds. The molecule has 3 saturated heterocycles. The van der Waals surface area contributed by atoms with Crippen LogP contribution >= 0.6 is 11.6 Å².